The van der Waals surface area contributed by atoms with Crippen LogP contribution < -0.4 is 21.6 Å². The van der Waals surface area contributed by atoms with E-state index >= 15 is 0 Å². The molecule has 0 saturated carbocycles. The van der Waals surface area contributed by atoms with Crippen molar-refractivity contribution >= 4 is 40.9 Å². The van der Waals surface area contributed by atoms with Crippen molar-refractivity contribution in [1.29, 1.82) is 0 Å². The molecule has 0 spiro atoms. The van der Waals surface area contributed by atoms with Gasteiger partial charge in [0.15, 0.2) is 0 Å². The van der Waals surface area contributed by atoms with Crippen LogP contribution in [0.4, 0.5) is 0 Å². The Hall–Kier alpha value is -2.13. The molecule has 0 fully saturated rings. The molecule has 3 aromatic carbocycles. The number of hydrogen-bond acceptors (Lipinski definition) is 3. The topological polar surface area (TPSA) is 63.3 Å². The maximum absolute atomic E-state index is 10.1. The molecule has 0 amide bonds. The number of carboxylic acids is 1. The van der Waals surface area contributed by atoms with Crippen molar-refractivity contribution in [2.24, 2.45) is 5.73 Å². The maximum atomic E-state index is 10.1. The van der Waals surface area contributed by atoms with Crippen LogP contribution in [0, 0.1) is 0 Å². The molecule has 3 nitrogen and oxygen atoms in total. The molecule has 3 aromatic rings. The van der Waals surface area contributed by atoms with Gasteiger partial charge in [0.2, 0.25) is 0 Å². The quantitative estimate of drug-likeness (QED) is 0.424. The van der Waals surface area contributed by atoms with Crippen molar-refractivity contribution < 1.29 is 9.90 Å². The molecule has 172 valence electrons. The van der Waals surface area contributed by atoms with Crippen molar-refractivity contribution in [2.75, 3.05) is 18.2 Å². The fraction of sp³-hybridized carbons (Fsp3) is 0.296. The van der Waals surface area contributed by atoms with Crippen LogP contribution >= 0.6 is 19.0 Å². The van der Waals surface area contributed by atoms with Crippen LogP contribution in [0.3, 0.4) is 0 Å². The molecule has 0 radical (unpaired) electrons. The normalized spacial score (nSPS) is 12.3. The molecule has 0 aromatic heterocycles. The number of nitrogens with two attached hydrogens (primary N) is 1. The average molecular weight is 470 g/mol. The maximum Gasteiger partial charge on any atom is 0.320 e. The summed E-state index contributed by atoms with van der Waals surface area (Å²) in [4.78, 5) is 10.1. The summed E-state index contributed by atoms with van der Waals surface area (Å²) in [5.41, 5.74) is 5.19. The van der Waals surface area contributed by atoms with Crippen molar-refractivity contribution in [3.8, 4) is 0 Å². The molecule has 0 unspecified atom stereocenters. The fourth-order valence-corrected chi connectivity index (χ4v) is 9.44. The molecule has 0 saturated heterocycles. The average Bonchev–Trinajstić information content (AvgIpc) is 2.85. The van der Waals surface area contributed by atoms with E-state index in [4.69, 9.17) is 10.8 Å². The third-order valence-corrected chi connectivity index (χ3v) is 11.4. The van der Waals surface area contributed by atoms with Gasteiger partial charge < -0.3 is 10.8 Å². The molecule has 0 aliphatic carbocycles. The van der Waals surface area contributed by atoms with Crippen LogP contribution in [0.15, 0.2) is 91.0 Å². The third kappa shape index (κ3) is 7.20. The first-order chi connectivity index (χ1) is 15.6. The molecular weight excluding hydrogens is 433 g/mol. The van der Waals surface area contributed by atoms with Gasteiger partial charge in [0.25, 0.3) is 0 Å². The minimum atomic E-state index is -1.94. The number of aliphatic carboxylic acids is 1. The van der Waals surface area contributed by atoms with Crippen LogP contribution in [-0.2, 0) is 4.79 Å². The van der Waals surface area contributed by atoms with Gasteiger partial charge in [0.1, 0.15) is 6.04 Å². The summed E-state index contributed by atoms with van der Waals surface area (Å²) in [6, 6.07) is 32.8. The summed E-state index contributed by atoms with van der Waals surface area (Å²) in [7, 11) is -1.94. The van der Waals surface area contributed by atoms with Crippen molar-refractivity contribution in [2.45, 2.75) is 32.2 Å². The summed E-state index contributed by atoms with van der Waals surface area (Å²) in [5, 5.41) is 12.8. The summed E-state index contributed by atoms with van der Waals surface area (Å²) >= 11 is 1.60. The number of carboxylic acid groups (broad SMARTS) is 1. The Morgan fingerprint density at radius 1 is 0.875 bits per heavy atom. The SMILES string of the molecule is CCCC[PH](c1ccccc1)(c1ccccc1)c1ccccc1.CSCC[C@H](N)C(=O)O. The van der Waals surface area contributed by atoms with Crippen LogP contribution in [0.2, 0.25) is 0 Å². The molecule has 3 N–H and O–H groups in total. The number of thioether (sulfide) groups is 1. The van der Waals surface area contributed by atoms with Gasteiger partial charge >= 0.3 is 146 Å². The van der Waals surface area contributed by atoms with Gasteiger partial charge in [0, 0.05) is 0 Å². The largest absolute Gasteiger partial charge is 0.480 e. The summed E-state index contributed by atoms with van der Waals surface area (Å²) in [5.74, 6) is -0.1000. The Balaban J connectivity index is 0.000000344. The van der Waals surface area contributed by atoms with Gasteiger partial charge in [0.05, 0.1) is 0 Å². The smallest absolute Gasteiger partial charge is 0.320 e. The van der Waals surface area contributed by atoms with E-state index in [2.05, 4.69) is 97.9 Å². The molecule has 0 aliphatic heterocycles. The second kappa shape index (κ2) is 14.1. The monoisotopic (exact) mass is 469 g/mol. The second-order valence-corrected chi connectivity index (χ2v) is 12.9. The first kappa shape index (κ1) is 26.1. The Morgan fingerprint density at radius 2 is 1.28 bits per heavy atom. The van der Waals surface area contributed by atoms with Gasteiger partial charge in [-0.25, -0.2) is 0 Å². The van der Waals surface area contributed by atoms with Crippen LogP contribution in [0.25, 0.3) is 0 Å². The molecule has 5 heteroatoms. The van der Waals surface area contributed by atoms with E-state index in [1.54, 1.807) is 11.8 Å². The Labute approximate surface area is 197 Å². The Morgan fingerprint density at radius 3 is 1.59 bits per heavy atom. The van der Waals surface area contributed by atoms with Crippen LogP contribution in [-0.4, -0.2) is 35.3 Å². The van der Waals surface area contributed by atoms with Gasteiger partial charge in [-0.05, 0) is 18.4 Å². The Bertz CT molecular complexity index is 810. The van der Waals surface area contributed by atoms with Crippen molar-refractivity contribution in [3.63, 3.8) is 0 Å². The van der Waals surface area contributed by atoms with Gasteiger partial charge in [-0.2, -0.15) is 11.8 Å². The zero-order valence-corrected chi connectivity index (χ0v) is 20.9. The molecule has 1 atom stereocenters. The van der Waals surface area contributed by atoms with E-state index in [-0.39, 0.29) is 0 Å². The fourth-order valence-electron chi connectivity index (χ4n) is 3.91. The molecule has 3 rings (SSSR count). The standard InChI is InChI=1S/C22H25P.C5H11NO2S/c1-2-3-19-23(20-13-7-4-8-14-20,21-15-9-5-10-16-21)22-17-11-6-12-18-22;1-9-3-2-4(6)5(7)8/h4-18,23H,2-3,19H2,1H3;4H,2-3,6H2,1H3,(H,7,8)/t;4-/m.0/s1. The molecule has 0 aliphatic rings. The predicted octanol–water partition coefficient (Wildman–Crippen LogP) is 4.66. The number of carbonyl (C=O) groups is 1. The minimum Gasteiger partial charge on any atom is -0.480 e. The molecule has 0 bridgehead atoms. The number of rotatable bonds is 10. The van der Waals surface area contributed by atoms with E-state index in [0.717, 1.165) is 5.75 Å². The summed E-state index contributed by atoms with van der Waals surface area (Å²) in [6.45, 7) is 2.29. The van der Waals surface area contributed by atoms with Crippen molar-refractivity contribution in [3.05, 3.63) is 91.0 Å². The summed E-state index contributed by atoms with van der Waals surface area (Å²) < 4.78 is 0. The minimum absolute atomic E-state index is 0.552. The first-order valence-electron chi connectivity index (χ1n) is 11.2. The number of benzene rings is 3. The first-order valence-corrected chi connectivity index (χ1v) is 14.8. The predicted molar refractivity (Wildman–Crippen MR) is 145 cm³/mol. The number of hydrogen-bond donors (Lipinski definition) is 2. The zero-order chi connectivity index (χ0) is 23.2. The molecule has 32 heavy (non-hydrogen) atoms. The Kier molecular flexibility index (Phi) is 11.5. The molecular formula is C27H36NO2PS. The third-order valence-electron chi connectivity index (χ3n) is 5.66. The van der Waals surface area contributed by atoms with E-state index in [1.807, 2.05) is 6.26 Å². The van der Waals surface area contributed by atoms with Crippen LogP contribution in [0.1, 0.15) is 26.2 Å². The van der Waals surface area contributed by atoms with Gasteiger partial charge in [-0.3, -0.25) is 4.79 Å². The van der Waals surface area contributed by atoms with E-state index in [0.29, 0.717) is 6.42 Å². The second-order valence-electron chi connectivity index (χ2n) is 7.83. The van der Waals surface area contributed by atoms with Gasteiger partial charge in [-0.1, -0.05) is 0 Å². The zero-order valence-electron chi connectivity index (χ0n) is 19.1. The van der Waals surface area contributed by atoms with Crippen molar-refractivity contribution in [1.82, 2.24) is 0 Å². The van der Waals surface area contributed by atoms with Crippen LogP contribution in [0.5, 0.6) is 0 Å². The molecule has 0 heterocycles. The van der Waals surface area contributed by atoms with E-state index in [9.17, 15) is 4.79 Å². The van der Waals surface area contributed by atoms with E-state index < -0.39 is 19.3 Å². The van der Waals surface area contributed by atoms with E-state index in [1.165, 1.54) is 34.9 Å². The summed E-state index contributed by atoms with van der Waals surface area (Å²) in [6.07, 6.45) is 6.25. The van der Waals surface area contributed by atoms with Gasteiger partial charge in [-0.15, -0.1) is 0 Å². The number of unbranched alkanes of at least 4 members (excludes halogenated alkanes) is 1.